The minimum absolute atomic E-state index is 0.238. The standard InChI is InChI=1S/C23H26FN3O3/c1-4-30-15-5-14-25-16(2)21-22(17-6-12-20(29-3)13-7-17)26-27(23(21)28)19-10-8-18(24)9-11-19/h6-13,26H,4-5,14-15H2,1-3H3. The summed E-state index contributed by atoms with van der Waals surface area (Å²) < 4.78 is 25.3. The van der Waals surface area contributed by atoms with Crippen molar-refractivity contribution in [2.24, 2.45) is 4.99 Å². The molecule has 158 valence electrons. The first kappa shape index (κ1) is 21.5. The van der Waals surface area contributed by atoms with Crippen molar-refractivity contribution in [3.63, 3.8) is 0 Å². The molecule has 7 heteroatoms. The number of hydrogen-bond donors (Lipinski definition) is 1. The molecular formula is C23H26FN3O3. The van der Waals surface area contributed by atoms with E-state index in [9.17, 15) is 9.18 Å². The van der Waals surface area contributed by atoms with Crippen LogP contribution in [0.4, 0.5) is 4.39 Å². The molecule has 0 radical (unpaired) electrons. The highest BCUT2D eigenvalue weighted by molar-refractivity contribution is 6.03. The molecule has 0 atom stereocenters. The SMILES string of the molecule is CCOCCCN=C(C)c1c(-c2ccc(OC)cc2)[nH]n(-c2ccc(F)cc2)c1=O. The number of halogens is 1. The third-order valence-corrected chi connectivity index (χ3v) is 4.72. The second-order valence-corrected chi connectivity index (χ2v) is 6.72. The largest absolute Gasteiger partial charge is 0.497 e. The number of aromatic amines is 1. The number of ether oxygens (including phenoxy) is 2. The Morgan fingerprint density at radius 2 is 1.83 bits per heavy atom. The number of H-pyrrole nitrogens is 1. The van der Waals surface area contributed by atoms with Gasteiger partial charge in [0.1, 0.15) is 11.6 Å². The molecule has 0 unspecified atom stereocenters. The zero-order valence-corrected chi connectivity index (χ0v) is 17.4. The molecule has 1 aromatic heterocycles. The highest BCUT2D eigenvalue weighted by Gasteiger charge is 2.19. The maximum atomic E-state index is 13.3. The molecule has 1 N–H and O–H groups in total. The molecule has 0 spiro atoms. The van der Waals surface area contributed by atoms with Gasteiger partial charge in [0.25, 0.3) is 5.56 Å². The smallest absolute Gasteiger partial charge is 0.280 e. The first-order valence-corrected chi connectivity index (χ1v) is 9.89. The van der Waals surface area contributed by atoms with Gasteiger partial charge in [-0.05, 0) is 68.8 Å². The Hall–Kier alpha value is -3.19. The lowest BCUT2D eigenvalue weighted by molar-refractivity contribution is 0.146. The van der Waals surface area contributed by atoms with Gasteiger partial charge in [0.05, 0.1) is 24.1 Å². The molecule has 0 amide bonds. The topological polar surface area (TPSA) is 68.6 Å². The van der Waals surface area contributed by atoms with Crippen molar-refractivity contribution in [1.29, 1.82) is 0 Å². The third-order valence-electron chi connectivity index (χ3n) is 4.72. The zero-order chi connectivity index (χ0) is 21.5. The van der Waals surface area contributed by atoms with E-state index in [0.29, 0.717) is 42.4 Å². The van der Waals surface area contributed by atoms with Gasteiger partial charge in [-0.1, -0.05) is 0 Å². The lowest BCUT2D eigenvalue weighted by Crippen LogP contribution is -2.19. The lowest BCUT2D eigenvalue weighted by atomic mass is 10.0. The predicted octanol–water partition coefficient (Wildman–Crippen LogP) is 4.22. The summed E-state index contributed by atoms with van der Waals surface area (Å²) in [5.74, 6) is 0.364. The Bertz CT molecular complexity index is 1050. The van der Waals surface area contributed by atoms with Gasteiger partial charge >= 0.3 is 0 Å². The first-order chi connectivity index (χ1) is 14.5. The summed E-state index contributed by atoms with van der Waals surface area (Å²) in [6.07, 6.45) is 0.777. The number of nitrogens with zero attached hydrogens (tertiary/aromatic N) is 2. The Balaban J connectivity index is 2.04. The predicted molar refractivity (Wildman–Crippen MR) is 117 cm³/mol. The highest BCUT2D eigenvalue weighted by Crippen LogP contribution is 2.24. The minimum atomic E-state index is -0.360. The van der Waals surface area contributed by atoms with Gasteiger partial charge in [0.15, 0.2) is 0 Å². The maximum Gasteiger partial charge on any atom is 0.280 e. The van der Waals surface area contributed by atoms with E-state index in [-0.39, 0.29) is 11.4 Å². The summed E-state index contributed by atoms with van der Waals surface area (Å²) in [6.45, 7) is 5.64. The Morgan fingerprint density at radius 1 is 1.13 bits per heavy atom. The zero-order valence-electron chi connectivity index (χ0n) is 17.4. The number of hydrogen-bond acceptors (Lipinski definition) is 4. The van der Waals surface area contributed by atoms with Crippen molar-refractivity contribution in [3.05, 3.63) is 70.3 Å². The van der Waals surface area contributed by atoms with Gasteiger partial charge in [0.2, 0.25) is 0 Å². The van der Waals surface area contributed by atoms with Crippen LogP contribution in [-0.2, 0) is 4.74 Å². The average Bonchev–Trinajstić information content (AvgIpc) is 3.11. The van der Waals surface area contributed by atoms with Crippen LogP contribution in [0.25, 0.3) is 16.9 Å². The van der Waals surface area contributed by atoms with Crippen molar-refractivity contribution < 1.29 is 13.9 Å². The number of rotatable bonds is 9. The molecule has 2 aromatic carbocycles. The maximum absolute atomic E-state index is 13.3. The van der Waals surface area contributed by atoms with Crippen molar-refractivity contribution in [1.82, 2.24) is 9.78 Å². The van der Waals surface area contributed by atoms with Crippen LogP contribution in [0.3, 0.4) is 0 Å². The van der Waals surface area contributed by atoms with Crippen molar-refractivity contribution >= 4 is 5.71 Å². The van der Waals surface area contributed by atoms with Crippen LogP contribution < -0.4 is 10.3 Å². The highest BCUT2D eigenvalue weighted by atomic mass is 19.1. The molecule has 30 heavy (non-hydrogen) atoms. The second-order valence-electron chi connectivity index (χ2n) is 6.72. The van der Waals surface area contributed by atoms with Crippen LogP contribution in [0.15, 0.2) is 58.3 Å². The van der Waals surface area contributed by atoms with Crippen LogP contribution in [0, 0.1) is 5.82 Å². The van der Waals surface area contributed by atoms with Crippen molar-refractivity contribution in [2.45, 2.75) is 20.3 Å². The molecule has 0 saturated carbocycles. The normalized spacial score (nSPS) is 11.7. The van der Waals surface area contributed by atoms with Crippen LogP contribution in [0.2, 0.25) is 0 Å². The van der Waals surface area contributed by atoms with Crippen molar-refractivity contribution in [3.8, 4) is 22.7 Å². The van der Waals surface area contributed by atoms with Crippen LogP contribution in [0.5, 0.6) is 5.75 Å². The van der Waals surface area contributed by atoms with Crippen LogP contribution in [-0.4, -0.2) is 42.4 Å². The molecule has 0 aliphatic carbocycles. The number of nitrogens with one attached hydrogen (secondary N) is 1. The van der Waals surface area contributed by atoms with E-state index in [0.717, 1.165) is 17.7 Å². The van der Waals surface area contributed by atoms with E-state index in [4.69, 9.17) is 9.47 Å². The quantitative estimate of drug-likeness (QED) is 0.424. The van der Waals surface area contributed by atoms with Gasteiger partial charge in [-0.25, -0.2) is 9.07 Å². The molecule has 6 nitrogen and oxygen atoms in total. The number of benzene rings is 2. The number of aromatic nitrogens is 2. The Morgan fingerprint density at radius 3 is 2.47 bits per heavy atom. The van der Waals surface area contributed by atoms with E-state index < -0.39 is 0 Å². The molecule has 0 aliphatic heterocycles. The first-order valence-electron chi connectivity index (χ1n) is 9.89. The summed E-state index contributed by atoms with van der Waals surface area (Å²) in [4.78, 5) is 17.8. The molecule has 3 aromatic rings. The van der Waals surface area contributed by atoms with E-state index in [2.05, 4.69) is 10.1 Å². The monoisotopic (exact) mass is 411 g/mol. The Labute approximate surface area is 175 Å². The summed E-state index contributed by atoms with van der Waals surface area (Å²) in [6, 6.07) is 13.2. The molecule has 3 rings (SSSR count). The van der Waals surface area contributed by atoms with Gasteiger partial charge in [0, 0.05) is 31.0 Å². The van der Waals surface area contributed by atoms with Gasteiger partial charge in [-0.3, -0.25) is 14.9 Å². The fourth-order valence-electron chi connectivity index (χ4n) is 3.15. The number of methoxy groups -OCH3 is 1. The number of aliphatic imine (C=N–C) groups is 1. The molecule has 0 fully saturated rings. The van der Waals surface area contributed by atoms with E-state index in [1.54, 1.807) is 19.2 Å². The van der Waals surface area contributed by atoms with E-state index >= 15 is 0 Å². The van der Waals surface area contributed by atoms with E-state index in [1.165, 1.54) is 16.8 Å². The average molecular weight is 411 g/mol. The summed E-state index contributed by atoms with van der Waals surface area (Å²) in [5.41, 5.74) is 2.91. The molecular weight excluding hydrogens is 385 g/mol. The van der Waals surface area contributed by atoms with Gasteiger partial charge < -0.3 is 9.47 Å². The molecule has 1 heterocycles. The van der Waals surface area contributed by atoms with Gasteiger partial charge in [-0.2, -0.15) is 0 Å². The third kappa shape index (κ3) is 4.86. The van der Waals surface area contributed by atoms with Crippen molar-refractivity contribution in [2.75, 3.05) is 26.9 Å². The summed E-state index contributed by atoms with van der Waals surface area (Å²) in [5, 5.41) is 3.17. The van der Waals surface area contributed by atoms with Crippen LogP contribution >= 0.6 is 0 Å². The summed E-state index contributed by atoms with van der Waals surface area (Å²) in [7, 11) is 1.60. The lowest BCUT2D eigenvalue weighted by Gasteiger charge is -2.05. The Kier molecular flexibility index (Phi) is 7.19. The molecule has 0 bridgehead atoms. The van der Waals surface area contributed by atoms with E-state index in [1.807, 2.05) is 38.1 Å². The fraction of sp³-hybridized carbons (Fsp3) is 0.304. The van der Waals surface area contributed by atoms with Crippen LogP contribution in [0.1, 0.15) is 25.8 Å². The summed E-state index contributed by atoms with van der Waals surface area (Å²) >= 11 is 0. The second kappa shape index (κ2) is 10.0. The molecule has 0 aliphatic rings. The van der Waals surface area contributed by atoms with Gasteiger partial charge in [-0.15, -0.1) is 0 Å². The molecule has 0 saturated heterocycles. The fourth-order valence-corrected chi connectivity index (χ4v) is 3.15. The minimum Gasteiger partial charge on any atom is -0.497 e.